The lowest BCUT2D eigenvalue weighted by Gasteiger charge is -2.60. The largest absolute Gasteiger partial charge is 0.393 e. The molecule has 2 heteroatoms. The second-order valence-electron chi connectivity index (χ2n) is 8.61. The second kappa shape index (κ2) is 4.57. The second-order valence-corrected chi connectivity index (χ2v) is 8.61. The Morgan fingerprint density at radius 3 is 2.67 bits per heavy atom. The van der Waals surface area contributed by atoms with Crippen LogP contribution in [0.25, 0.3) is 0 Å². The van der Waals surface area contributed by atoms with Crippen molar-refractivity contribution in [2.45, 2.75) is 77.7 Å². The van der Waals surface area contributed by atoms with Crippen molar-refractivity contribution in [2.75, 3.05) is 0 Å². The van der Waals surface area contributed by atoms with E-state index in [9.17, 15) is 9.90 Å². The minimum absolute atomic E-state index is 0.0205. The van der Waals surface area contributed by atoms with Crippen molar-refractivity contribution < 1.29 is 12.6 Å². The van der Waals surface area contributed by atoms with Crippen LogP contribution in [-0.4, -0.2) is 17.0 Å². The zero-order chi connectivity index (χ0) is 16.6. The maximum atomic E-state index is 12.1. The van der Waals surface area contributed by atoms with E-state index in [2.05, 4.69) is 13.8 Å². The van der Waals surface area contributed by atoms with Gasteiger partial charge in [0.05, 0.1) is 6.10 Å². The van der Waals surface area contributed by atoms with Crippen molar-refractivity contribution in [2.24, 2.45) is 34.5 Å². The maximum absolute atomic E-state index is 12.1. The van der Waals surface area contributed by atoms with E-state index in [0.717, 1.165) is 38.5 Å². The van der Waals surface area contributed by atoms with E-state index < -0.39 is 12.3 Å². The molecule has 0 aromatic rings. The van der Waals surface area contributed by atoms with Crippen molar-refractivity contribution in [1.82, 2.24) is 0 Å². The molecule has 0 radical (unpaired) electrons. The molecular weight excluding hydrogens is 260 g/mol. The Balaban J connectivity index is 1.70. The van der Waals surface area contributed by atoms with Gasteiger partial charge in [0.25, 0.3) is 0 Å². The van der Waals surface area contributed by atoms with Gasteiger partial charge in [0.1, 0.15) is 5.78 Å². The molecule has 4 aliphatic carbocycles. The summed E-state index contributed by atoms with van der Waals surface area (Å²) in [5.41, 5.74) is -0.143. The standard InChI is InChI=1S/C19H30O2/c1-18-9-7-13(20)11-12(18)3-4-14-15-5-6-17(21)19(15,2)10-8-16(14)18/h12,14-17,21H,3-11H2,1-2H3/t12-,14+,15+,16+,17+,18+,19+/m1/s1/i11D,12D/t11?,12-,14+,15+,16+,17+,18+,19+. The summed E-state index contributed by atoms with van der Waals surface area (Å²) in [6.07, 6.45) is 6.06. The summed E-state index contributed by atoms with van der Waals surface area (Å²) in [5.74, 6) is 0.689. The van der Waals surface area contributed by atoms with Crippen molar-refractivity contribution in [3.63, 3.8) is 0 Å². The smallest absolute Gasteiger partial charge is 0.133 e. The van der Waals surface area contributed by atoms with Crippen LogP contribution >= 0.6 is 0 Å². The number of fused-ring (bicyclic) bond motifs is 5. The minimum Gasteiger partial charge on any atom is -0.393 e. The fourth-order valence-electron chi connectivity index (χ4n) is 6.53. The molecule has 0 saturated heterocycles. The number of hydrogen-bond donors (Lipinski definition) is 1. The van der Waals surface area contributed by atoms with Gasteiger partial charge >= 0.3 is 0 Å². The lowest BCUT2D eigenvalue weighted by molar-refractivity contribution is -0.141. The molecule has 0 aromatic heterocycles. The van der Waals surface area contributed by atoms with Gasteiger partial charge in [-0.2, -0.15) is 0 Å². The van der Waals surface area contributed by atoms with E-state index in [4.69, 9.17) is 2.74 Å². The van der Waals surface area contributed by atoms with E-state index in [-0.39, 0.29) is 22.7 Å². The highest BCUT2D eigenvalue weighted by atomic mass is 16.3. The van der Waals surface area contributed by atoms with Gasteiger partial charge in [-0.25, -0.2) is 0 Å². The average molecular weight is 292 g/mol. The topological polar surface area (TPSA) is 37.3 Å². The van der Waals surface area contributed by atoms with E-state index in [1.807, 2.05) is 0 Å². The fourth-order valence-corrected chi connectivity index (χ4v) is 6.53. The normalized spacial score (nSPS) is 64.9. The number of ketones is 1. The molecule has 4 rings (SSSR count). The first-order valence-corrected chi connectivity index (χ1v) is 8.87. The minimum atomic E-state index is -0.894. The molecule has 4 saturated carbocycles. The predicted octanol–water partition coefficient (Wildman–Crippen LogP) is 3.96. The Labute approximate surface area is 131 Å². The first-order valence-electron chi connectivity index (χ1n) is 9.95. The summed E-state index contributed by atoms with van der Waals surface area (Å²) >= 11 is 0. The number of carbonyl (C=O) groups is 1. The number of hydrogen-bond acceptors (Lipinski definition) is 2. The summed E-state index contributed by atoms with van der Waals surface area (Å²) in [7, 11) is 0. The third-order valence-electron chi connectivity index (χ3n) is 7.91. The van der Waals surface area contributed by atoms with E-state index in [0.29, 0.717) is 30.6 Å². The first kappa shape index (κ1) is 12.1. The number of aliphatic hydroxyl groups excluding tert-OH is 1. The van der Waals surface area contributed by atoms with Crippen LogP contribution in [0, 0.1) is 34.5 Å². The Morgan fingerprint density at radius 1 is 1.10 bits per heavy atom. The monoisotopic (exact) mass is 292 g/mol. The number of carbonyl (C=O) groups excluding carboxylic acids is 1. The molecule has 0 aromatic carbocycles. The van der Waals surface area contributed by atoms with E-state index in [1.165, 1.54) is 0 Å². The molecule has 4 aliphatic rings. The van der Waals surface area contributed by atoms with E-state index >= 15 is 0 Å². The summed E-state index contributed by atoms with van der Waals surface area (Å²) in [5, 5.41) is 10.5. The quantitative estimate of drug-likeness (QED) is 0.734. The molecule has 4 fully saturated rings. The molecule has 0 bridgehead atoms. The molecular formula is C19H30O2. The Bertz CT molecular complexity index is 537. The lowest BCUT2D eigenvalue weighted by atomic mass is 9.45. The van der Waals surface area contributed by atoms with Crippen molar-refractivity contribution >= 4 is 5.78 Å². The van der Waals surface area contributed by atoms with Crippen LogP contribution in [0.3, 0.4) is 0 Å². The van der Waals surface area contributed by atoms with Gasteiger partial charge in [0.2, 0.25) is 0 Å². The zero-order valence-electron chi connectivity index (χ0n) is 15.4. The molecule has 1 N–H and O–H groups in total. The lowest BCUT2D eigenvalue weighted by Crippen LogP contribution is -2.54. The van der Waals surface area contributed by atoms with Gasteiger partial charge in [-0.3, -0.25) is 4.79 Å². The maximum Gasteiger partial charge on any atom is 0.133 e. The molecule has 2 nitrogen and oxygen atoms in total. The summed E-state index contributed by atoms with van der Waals surface area (Å²) in [4.78, 5) is 12.1. The molecule has 0 amide bonds. The third kappa shape index (κ3) is 1.84. The van der Waals surface area contributed by atoms with Crippen molar-refractivity contribution in [1.29, 1.82) is 0 Å². The first-order chi connectivity index (χ1) is 10.7. The predicted molar refractivity (Wildman–Crippen MR) is 82.7 cm³/mol. The zero-order valence-corrected chi connectivity index (χ0v) is 13.4. The van der Waals surface area contributed by atoms with Crippen molar-refractivity contribution in [3.05, 3.63) is 0 Å². The van der Waals surface area contributed by atoms with Crippen LogP contribution in [0.5, 0.6) is 0 Å². The van der Waals surface area contributed by atoms with Gasteiger partial charge in [0.15, 0.2) is 0 Å². The molecule has 118 valence electrons. The van der Waals surface area contributed by atoms with Gasteiger partial charge < -0.3 is 5.11 Å². The highest BCUT2D eigenvalue weighted by Gasteiger charge is 2.59. The fraction of sp³-hybridized carbons (Fsp3) is 0.947. The van der Waals surface area contributed by atoms with Gasteiger partial charge in [-0.1, -0.05) is 13.8 Å². The average Bonchev–Trinajstić information content (AvgIpc) is 2.82. The Hall–Kier alpha value is -0.370. The molecule has 0 heterocycles. The van der Waals surface area contributed by atoms with Crippen LogP contribution in [0.4, 0.5) is 0 Å². The van der Waals surface area contributed by atoms with Gasteiger partial charge in [-0.05, 0) is 79.4 Å². The SMILES string of the molecule is [2H]C1C(=O)CC[C@]2(C)[C@H]3CC[C@]4(C)[C@@H](O)CC[C@H]4[C@@H]3CC[C@]12[2H]. The van der Waals surface area contributed by atoms with Crippen LogP contribution in [0.1, 0.15) is 74.4 Å². The van der Waals surface area contributed by atoms with Gasteiger partial charge in [0, 0.05) is 15.6 Å². The molecule has 0 aliphatic heterocycles. The number of rotatable bonds is 0. The Kier molecular flexibility index (Phi) is 2.63. The highest BCUT2D eigenvalue weighted by Crippen LogP contribution is 2.65. The molecule has 8 atom stereocenters. The molecule has 0 spiro atoms. The highest BCUT2D eigenvalue weighted by molar-refractivity contribution is 5.79. The number of aliphatic hydroxyl groups is 1. The molecule has 21 heavy (non-hydrogen) atoms. The van der Waals surface area contributed by atoms with Crippen LogP contribution in [-0.2, 0) is 4.79 Å². The third-order valence-corrected chi connectivity index (χ3v) is 7.91. The summed E-state index contributed by atoms with van der Waals surface area (Å²) in [6.45, 7) is 4.48. The summed E-state index contributed by atoms with van der Waals surface area (Å²) < 4.78 is 17.4. The van der Waals surface area contributed by atoms with Crippen LogP contribution in [0.15, 0.2) is 0 Å². The molecule has 1 unspecified atom stereocenters. The van der Waals surface area contributed by atoms with E-state index in [1.54, 1.807) is 0 Å². The van der Waals surface area contributed by atoms with Crippen LogP contribution < -0.4 is 0 Å². The Morgan fingerprint density at radius 2 is 1.86 bits per heavy atom. The van der Waals surface area contributed by atoms with Gasteiger partial charge in [-0.15, -0.1) is 0 Å². The summed E-state index contributed by atoms with van der Waals surface area (Å²) in [6, 6.07) is 0. The van der Waals surface area contributed by atoms with Crippen LogP contribution in [0.2, 0.25) is 0 Å². The van der Waals surface area contributed by atoms with Crippen molar-refractivity contribution in [3.8, 4) is 0 Å². The number of Topliss-reactive ketones (excluding diaryl/α,β-unsaturated/α-hetero) is 1.